The Morgan fingerprint density at radius 2 is 2.00 bits per heavy atom. The Morgan fingerprint density at radius 3 is 2.57 bits per heavy atom. The molecule has 120 valence electrons. The SMILES string of the molecule is CC(C)(CO)[C@@H](c1cc(Br)ccc1Cl)N1CCNCC1.Cl. The molecule has 1 saturated heterocycles. The molecule has 0 saturated carbocycles. The third-order valence-corrected chi connectivity index (χ3v) is 4.75. The van der Waals surface area contributed by atoms with Gasteiger partial charge in [0, 0.05) is 53.7 Å². The number of piperazine rings is 1. The lowest BCUT2D eigenvalue weighted by molar-refractivity contribution is 0.0305. The summed E-state index contributed by atoms with van der Waals surface area (Å²) in [4.78, 5) is 2.42. The largest absolute Gasteiger partial charge is 0.396 e. The molecule has 1 aromatic rings. The van der Waals surface area contributed by atoms with E-state index in [9.17, 15) is 5.11 Å². The van der Waals surface area contributed by atoms with Crippen molar-refractivity contribution in [3.05, 3.63) is 33.3 Å². The fraction of sp³-hybridized carbons (Fsp3) is 0.600. The summed E-state index contributed by atoms with van der Waals surface area (Å²) in [6, 6.07) is 6.06. The van der Waals surface area contributed by atoms with Crippen LogP contribution in [0.2, 0.25) is 5.02 Å². The number of nitrogens with zero attached hydrogens (tertiary/aromatic N) is 1. The summed E-state index contributed by atoms with van der Waals surface area (Å²) in [5.41, 5.74) is 0.837. The quantitative estimate of drug-likeness (QED) is 0.816. The summed E-state index contributed by atoms with van der Waals surface area (Å²) in [6.45, 7) is 8.21. The molecule has 0 aliphatic carbocycles. The standard InChI is InChI=1S/C15H22BrClN2O.ClH/c1-15(2,10-20)14(19-7-5-18-6-8-19)12-9-11(16)3-4-13(12)17;/h3-4,9,14,18,20H,5-8,10H2,1-2H3;1H/t14-;/m1./s1. The van der Waals surface area contributed by atoms with Crippen molar-refractivity contribution < 1.29 is 5.11 Å². The van der Waals surface area contributed by atoms with Gasteiger partial charge in [0.15, 0.2) is 0 Å². The average Bonchev–Trinajstić information content (AvgIpc) is 2.44. The molecule has 21 heavy (non-hydrogen) atoms. The Hall–Kier alpha value is 0.160. The van der Waals surface area contributed by atoms with Crippen LogP contribution in [0.3, 0.4) is 0 Å². The highest BCUT2D eigenvalue weighted by Crippen LogP contribution is 2.41. The zero-order chi connectivity index (χ0) is 14.8. The third-order valence-electron chi connectivity index (χ3n) is 3.92. The van der Waals surface area contributed by atoms with Gasteiger partial charge in [0.2, 0.25) is 0 Å². The normalized spacial score (nSPS) is 18.1. The predicted octanol–water partition coefficient (Wildman–Crippen LogP) is 3.49. The number of halogens is 3. The number of benzene rings is 1. The Bertz CT molecular complexity index is 465. The first-order valence-electron chi connectivity index (χ1n) is 6.96. The molecule has 1 aliphatic heterocycles. The number of hydrogen-bond acceptors (Lipinski definition) is 3. The minimum absolute atomic E-state index is 0. The third kappa shape index (κ3) is 4.57. The van der Waals surface area contributed by atoms with E-state index >= 15 is 0 Å². The van der Waals surface area contributed by atoms with Crippen molar-refractivity contribution in [1.29, 1.82) is 0 Å². The highest BCUT2D eigenvalue weighted by Gasteiger charge is 2.36. The Kier molecular flexibility index (Phi) is 7.44. The van der Waals surface area contributed by atoms with Crippen LogP contribution in [0.5, 0.6) is 0 Å². The van der Waals surface area contributed by atoms with Gasteiger partial charge in [-0.3, -0.25) is 4.90 Å². The molecule has 6 heteroatoms. The zero-order valence-corrected chi connectivity index (χ0v) is 15.6. The summed E-state index contributed by atoms with van der Waals surface area (Å²) in [6.07, 6.45) is 0. The molecule has 1 heterocycles. The molecule has 0 spiro atoms. The molecular formula is C15H23BrCl2N2O. The van der Waals surface area contributed by atoms with E-state index in [1.165, 1.54) is 0 Å². The first kappa shape index (κ1) is 19.2. The number of aliphatic hydroxyl groups excluding tert-OH is 1. The van der Waals surface area contributed by atoms with E-state index in [-0.39, 0.29) is 30.5 Å². The maximum absolute atomic E-state index is 9.82. The van der Waals surface area contributed by atoms with E-state index in [0.29, 0.717) is 0 Å². The van der Waals surface area contributed by atoms with E-state index in [1.54, 1.807) is 0 Å². The van der Waals surface area contributed by atoms with Crippen molar-refractivity contribution >= 4 is 39.9 Å². The topological polar surface area (TPSA) is 35.5 Å². The van der Waals surface area contributed by atoms with Gasteiger partial charge < -0.3 is 10.4 Å². The number of rotatable bonds is 4. The fourth-order valence-electron chi connectivity index (χ4n) is 2.86. The highest BCUT2D eigenvalue weighted by atomic mass is 79.9. The first-order chi connectivity index (χ1) is 9.45. The average molecular weight is 398 g/mol. The van der Waals surface area contributed by atoms with Gasteiger partial charge in [0.1, 0.15) is 0 Å². The van der Waals surface area contributed by atoms with E-state index in [2.05, 4.69) is 46.1 Å². The number of nitrogens with one attached hydrogen (secondary N) is 1. The van der Waals surface area contributed by atoms with E-state index in [1.807, 2.05) is 12.1 Å². The van der Waals surface area contributed by atoms with Crippen molar-refractivity contribution in [3.8, 4) is 0 Å². The molecule has 1 aliphatic rings. The summed E-state index contributed by atoms with van der Waals surface area (Å²) in [5, 5.41) is 14.0. The summed E-state index contributed by atoms with van der Waals surface area (Å²) in [7, 11) is 0. The number of aliphatic hydroxyl groups is 1. The Labute approximate surface area is 146 Å². The Morgan fingerprint density at radius 1 is 1.38 bits per heavy atom. The molecule has 0 radical (unpaired) electrons. The molecule has 0 bridgehead atoms. The summed E-state index contributed by atoms with van der Waals surface area (Å²) < 4.78 is 1.02. The molecule has 1 fully saturated rings. The molecule has 0 unspecified atom stereocenters. The molecule has 1 aromatic carbocycles. The second kappa shape index (κ2) is 8.14. The predicted molar refractivity (Wildman–Crippen MR) is 94.5 cm³/mol. The molecule has 2 N–H and O–H groups in total. The second-order valence-electron chi connectivity index (χ2n) is 6.00. The molecule has 3 nitrogen and oxygen atoms in total. The summed E-state index contributed by atoms with van der Waals surface area (Å²) in [5.74, 6) is 0. The van der Waals surface area contributed by atoms with Gasteiger partial charge in [-0.15, -0.1) is 12.4 Å². The van der Waals surface area contributed by atoms with Crippen LogP contribution >= 0.6 is 39.9 Å². The maximum atomic E-state index is 9.82. The molecule has 1 atom stereocenters. The van der Waals surface area contributed by atoms with Crippen LogP contribution in [0.4, 0.5) is 0 Å². The van der Waals surface area contributed by atoms with E-state index in [4.69, 9.17) is 11.6 Å². The second-order valence-corrected chi connectivity index (χ2v) is 7.32. The van der Waals surface area contributed by atoms with Crippen LogP contribution in [-0.2, 0) is 0 Å². The van der Waals surface area contributed by atoms with Gasteiger partial charge in [-0.1, -0.05) is 41.4 Å². The van der Waals surface area contributed by atoms with Gasteiger partial charge in [-0.05, 0) is 23.8 Å². The van der Waals surface area contributed by atoms with E-state index < -0.39 is 0 Å². The van der Waals surface area contributed by atoms with Crippen LogP contribution in [-0.4, -0.2) is 42.8 Å². The Balaban J connectivity index is 0.00000220. The van der Waals surface area contributed by atoms with Crippen molar-refractivity contribution in [2.75, 3.05) is 32.8 Å². The molecular weight excluding hydrogens is 375 g/mol. The van der Waals surface area contributed by atoms with Crippen LogP contribution in [0, 0.1) is 5.41 Å². The van der Waals surface area contributed by atoms with Gasteiger partial charge in [-0.25, -0.2) is 0 Å². The van der Waals surface area contributed by atoms with Gasteiger partial charge in [-0.2, -0.15) is 0 Å². The van der Waals surface area contributed by atoms with Crippen molar-refractivity contribution in [1.82, 2.24) is 10.2 Å². The fourth-order valence-corrected chi connectivity index (χ4v) is 3.46. The van der Waals surface area contributed by atoms with Gasteiger partial charge >= 0.3 is 0 Å². The molecule has 2 rings (SSSR count). The highest BCUT2D eigenvalue weighted by molar-refractivity contribution is 9.10. The molecule has 0 aromatic heterocycles. The van der Waals surface area contributed by atoms with Crippen LogP contribution in [0.15, 0.2) is 22.7 Å². The smallest absolute Gasteiger partial charge is 0.0500 e. The minimum Gasteiger partial charge on any atom is -0.396 e. The van der Waals surface area contributed by atoms with Crippen molar-refractivity contribution in [2.24, 2.45) is 5.41 Å². The van der Waals surface area contributed by atoms with Crippen LogP contribution in [0.25, 0.3) is 0 Å². The van der Waals surface area contributed by atoms with Crippen LogP contribution < -0.4 is 5.32 Å². The zero-order valence-electron chi connectivity index (χ0n) is 12.4. The minimum atomic E-state index is -0.248. The lowest BCUT2D eigenvalue weighted by atomic mass is 9.79. The van der Waals surface area contributed by atoms with Gasteiger partial charge in [0.25, 0.3) is 0 Å². The van der Waals surface area contributed by atoms with Crippen LogP contribution in [0.1, 0.15) is 25.5 Å². The van der Waals surface area contributed by atoms with Gasteiger partial charge in [0.05, 0.1) is 0 Å². The first-order valence-corrected chi connectivity index (χ1v) is 8.13. The molecule has 0 amide bonds. The summed E-state index contributed by atoms with van der Waals surface area (Å²) >= 11 is 9.95. The maximum Gasteiger partial charge on any atom is 0.0500 e. The van der Waals surface area contributed by atoms with E-state index in [0.717, 1.165) is 41.2 Å². The lowest BCUT2D eigenvalue weighted by Crippen LogP contribution is -2.49. The monoisotopic (exact) mass is 396 g/mol. The number of hydrogen-bond donors (Lipinski definition) is 2. The van der Waals surface area contributed by atoms with Crippen molar-refractivity contribution in [3.63, 3.8) is 0 Å². The van der Waals surface area contributed by atoms with Crippen molar-refractivity contribution in [2.45, 2.75) is 19.9 Å². The lowest BCUT2D eigenvalue weighted by Gasteiger charge is -2.43.